The molecule has 2 amide bonds. The van der Waals surface area contributed by atoms with E-state index in [4.69, 9.17) is 10.2 Å². The van der Waals surface area contributed by atoms with Crippen LogP contribution in [0.1, 0.15) is 25.7 Å². The summed E-state index contributed by atoms with van der Waals surface area (Å²) in [6.45, 7) is 0.434. The van der Waals surface area contributed by atoms with E-state index < -0.39 is 22.0 Å². The molecule has 0 saturated heterocycles. The molecule has 5 N–H and O–H groups in total. The summed E-state index contributed by atoms with van der Waals surface area (Å²) in [5, 5.41) is 18.7. The predicted molar refractivity (Wildman–Crippen MR) is 72.5 cm³/mol. The highest BCUT2D eigenvalue weighted by atomic mass is 32.2. The van der Waals surface area contributed by atoms with E-state index in [1.807, 2.05) is 0 Å². The van der Waals surface area contributed by atoms with Gasteiger partial charge in [0, 0.05) is 13.1 Å². The van der Waals surface area contributed by atoms with Crippen molar-refractivity contribution in [2.45, 2.75) is 25.7 Å². The van der Waals surface area contributed by atoms with Gasteiger partial charge < -0.3 is 15.7 Å². The Kier molecular flexibility index (Phi) is 6.21. The quantitative estimate of drug-likeness (QED) is 0.522. The number of primary sulfonamides is 1. The molecule has 1 aliphatic carbocycles. The van der Waals surface area contributed by atoms with E-state index in [0.29, 0.717) is 19.4 Å². The minimum Gasteiger partial charge on any atom is -0.481 e. The van der Waals surface area contributed by atoms with E-state index >= 15 is 0 Å². The highest BCUT2D eigenvalue weighted by Crippen LogP contribution is 2.28. The fraction of sp³-hybridized carbons (Fsp3) is 0.818. The van der Waals surface area contributed by atoms with Crippen molar-refractivity contribution < 1.29 is 23.1 Å². The second-order valence-corrected chi connectivity index (χ2v) is 6.79. The van der Waals surface area contributed by atoms with Crippen LogP contribution in [0.15, 0.2) is 0 Å². The van der Waals surface area contributed by atoms with E-state index in [-0.39, 0.29) is 24.1 Å². The van der Waals surface area contributed by atoms with Crippen LogP contribution in [0.25, 0.3) is 0 Å². The molecule has 1 saturated carbocycles. The Hall–Kier alpha value is -1.35. The van der Waals surface area contributed by atoms with Gasteiger partial charge in [0.05, 0.1) is 11.7 Å². The highest BCUT2D eigenvalue weighted by molar-refractivity contribution is 7.89. The lowest BCUT2D eigenvalue weighted by Crippen LogP contribution is -2.41. The van der Waals surface area contributed by atoms with E-state index in [9.17, 15) is 18.0 Å². The number of carboxylic acids is 1. The maximum Gasteiger partial charge on any atom is 0.314 e. The lowest BCUT2D eigenvalue weighted by molar-refractivity contribution is -0.143. The molecule has 0 aromatic rings. The molecule has 0 spiro atoms. The molecular formula is C11H21N3O5S. The summed E-state index contributed by atoms with van der Waals surface area (Å²) in [6, 6.07) is -0.436. The van der Waals surface area contributed by atoms with Crippen molar-refractivity contribution in [3.05, 3.63) is 0 Å². The number of sulfonamides is 1. The fourth-order valence-electron chi connectivity index (χ4n) is 2.22. The highest BCUT2D eigenvalue weighted by Gasteiger charge is 2.25. The Morgan fingerprint density at radius 2 is 1.75 bits per heavy atom. The van der Waals surface area contributed by atoms with Crippen molar-refractivity contribution in [2.24, 2.45) is 17.0 Å². The van der Waals surface area contributed by atoms with Gasteiger partial charge in [0.25, 0.3) is 0 Å². The van der Waals surface area contributed by atoms with Crippen molar-refractivity contribution in [3.63, 3.8) is 0 Å². The normalized spacial score (nSPS) is 23.1. The lowest BCUT2D eigenvalue weighted by Gasteiger charge is -2.26. The monoisotopic (exact) mass is 307 g/mol. The summed E-state index contributed by atoms with van der Waals surface area (Å²) < 4.78 is 21.3. The van der Waals surface area contributed by atoms with Crippen LogP contribution in [-0.2, 0) is 14.8 Å². The number of hydrogen-bond donors (Lipinski definition) is 4. The van der Waals surface area contributed by atoms with Crippen molar-refractivity contribution in [3.8, 4) is 0 Å². The first-order valence-corrected chi connectivity index (χ1v) is 8.24. The molecule has 116 valence electrons. The molecule has 0 aromatic heterocycles. The number of carbonyl (C=O) groups excluding carboxylic acids is 1. The van der Waals surface area contributed by atoms with Crippen LogP contribution in [0.5, 0.6) is 0 Å². The van der Waals surface area contributed by atoms with Crippen LogP contribution in [0.3, 0.4) is 0 Å². The molecule has 0 heterocycles. The van der Waals surface area contributed by atoms with Gasteiger partial charge in [-0.1, -0.05) is 0 Å². The number of carboxylic acid groups (broad SMARTS) is 1. The van der Waals surface area contributed by atoms with Crippen LogP contribution in [0.4, 0.5) is 4.79 Å². The minimum atomic E-state index is -3.57. The zero-order chi connectivity index (χ0) is 15.2. The summed E-state index contributed by atoms with van der Waals surface area (Å²) in [4.78, 5) is 22.2. The van der Waals surface area contributed by atoms with Gasteiger partial charge in [0.2, 0.25) is 10.0 Å². The van der Waals surface area contributed by atoms with Crippen LogP contribution in [0, 0.1) is 11.8 Å². The minimum absolute atomic E-state index is 0.0313. The van der Waals surface area contributed by atoms with Crippen LogP contribution in [0.2, 0.25) is 0 Å². The number of carbonyl (C=O) groups is 2. The average Bonchev–Trinajstić information content (AvgIpc) is 2.35. The van der Waals surface area contributed by atoms with Crippen molar-refractivity contribution in [1.29, 1.82) is 0 Å². The van der Waals surface area contributed by atoms with E-state index in [2.05, 4.69) is 10.6 Å². The molecule has 8 nitrogen and oxygen atoms in total. The smallest absolute Gasteiger partial charge is 0.314 e. The molecule has 9 heteroatoms. The van der Waals surface area contributed by atoms with E-state index in [0.717, 1.165) is 12.8 Å². The predicted octanol–water partition coefficient (Wildman–Crippen LogP) is -0.535. The van der Waals surface area contributed by atoms with Gasteiger partial charge in [0.15, 0.2) is 0 Å². The number of nitrogens with one attached hydrogen (secondary N) is 2. The maximum atomic E-state index is 11.4. The molecule has 0 bridgehead atoms. The van der Waals surface area contributed by atoms with Crippen molar-refractivity contribution in [1.82, 2.24) is 10.6 Å². The van der Waals surface area contributed by atoms with Gasteiger partial charge in [-0.3, -0.25) is 4.79 Å². The number of nitrogens with two attached hydrogens (primary N) is 1. The van der Waals surface area contributed by atoms with Gasteiger partial charge in [-0.05, 0) is 31.6 Å². The molecule has 0 atom stereocenters. The van der Waals surface area contributed by atoms with Gasteiger partial charge in [-0.25, -0.2) is 18.4 Å². The Balaban J connectivity index is 2.15. The molecule has 20 heavy (non-hydrogen) atoms. The second kappa shape index (κ2) is 7.44. The summed E-state index contributed by atoms with van der Waals surface area (Å²) in [5.41, 5.74) is 0. The first-order chi connectivity index (χ1) is 9.28. The molecule has 0 unspecified atom stereocenters. The molecule has 1 aliphatic rings. The topological polar surface area (TPSA) is 139 Å². The molecule has 0 radical (unpaired) electrons. The SMILES string of the molecule is NS(=O)(=O)CCNC(=O)NCC1CCC(C(=O)O)CC1. The molecular weight excluding hydrogens is 286 g/mol. The van der Waals surface area contributed by atoms with E-state index in [1.54, 1.807) is 0 Å². The Morgan fingerprint density at radius 1 is 1.15 bits per heavy atom. The zero-order valence-corrected chi connectivity index (χ0v) is 12.0. The number of amides is 2. The Labute approximate surface area is 118 Å². The molecule has 0 aliphatic heterocycles. The summed E-state index contributed by atoms with van der Waals surface area (Å²) in [5.74, 6) is -1.05. The number of rotatable bonds is 6. The first kappa shape index (κ1) is 16.7. The van der Waals surface area contributed by atoms with Gasteiger partial charge in [-0.2, -0.15) is 0 Å². The largest absolute Gasteiger partial charge is 0.481 e. The van der Waals surface area contributed by atoms with Crippen molar-refractivity contribution in [2.75, 3.05) is 18.8 Å². The zero-order valence-electron chi connectivity index (χ0n) is 11.2. The number of aliphatic carboxylic acids is 1. The van der Waals surface area contributed by atoms with Crippen LogP contribution in [-0.4, -0.2) is 44.4 Å². The molecule has 1 fully saturated rings. The lowest BCUT2D eigenvalue weighted by atomic mass is 9.82. The fourth-order valence-corrected chi connectivity index (χ4v) is 2.61. The maximum absolute atomic E-state index is 11.4. The summed E-state index contributed by atoms with van der Waals surface area (Å²) in [6.07, 6.45) is 2.81. The van der Waals surface area contributed by atoms with E-state index in [1.165, 1.54) is 0 Å². The standard InChI is InChI=1S/C11H21N3O5S/c12-20(18,19)6-5-13-11(17)14-7-8-1-3-9(4-2-8)10(15)16/h8-9H,1-7H2,(H,15,16)(H2,12,18,19)(H2,13,14,17). The summed E-state index contributed by atoms with van der Waals surface area (Å²) in [7, 11) is -3.57. The van der Waals surface area contributed by atoms with Crippen molar-refractivity contribution >= 4 is 22.0 Å². The summed E-state index contributed by atoms with van der Waals surface area (Å²) >= 11 is 0. The van der Waals surface area contributed by atoms with Gasteiger partial charge >= 0.3 is 12.0 Å². The first-order valence-electron chi connectivity index (χ1n) is 6.53. The number of urea groups is 1. The van der Waals surface area contributed by atoms with Crippen LogP contribution >= 0.6 is 0 Å². The van der Waals surface area contributed by atoms with Gasteiger partial charge in [0.1, 0.15) is 0 Å². The Bertz CT molecular complexity index is 443. The molecule has 0 aromatic carbocycles. The third-order valence-electron chi connectivity index (χ3n) is 3.42. The Morgan fingerprint density at radius 3 is 2.25 bits per heavy atom. The molecule has 1 rings (SSSR count). The average molecular weight is 307 g/mol. The van der Waals surface area contributed by atoms with Gasteiger partial charge in [-0.15, -0.1) is 0 Å². The van der Waals surface area contributed by atoms with Crippen LogP contribution < -0.4 is 15.8 Å². The third kappa shape index (κ3) is 6.71. The number of hydrogen-bond acceptors (Lipinski definition) is 4. The third-order valence-corrected chi connectivity index (χ3v) is 4.19. The second-order valence-electron chi connectivity index (χ2n) is 5.06.